The highest BCUT2D eigenvalue weighted by Gasteiger charge is 2.23. The molecule has 112 valence electrons. The molecule has 1 aromatic rings. The second-order valence-electron chi connectivity index (χ2n) is 4.89. The van der Waals surface area contributed by atoms with Gasteiger partial charge in [0.2, 0.25) is 0 Å². The molecule has 1 fully saturated rings. The van der Waals surface area contributed by atoms with E-state index in [2.05, 4.69) is 5.32 Å². The van der Waals surface area contributed by atoms with Crippen LogP contribution in [0.5, 0.6) is 0 Å². The molecule has 0 saturated carbocycles. The zero-order valence-corrected chi connectivity index (χ0v) is 12.7. The molecule has 1 N–H and O–H groups in total. The van der Waals surface area contributed by atoms with E-state index in [0.717, 1.165) is 37.5 Å². The number of hydrogen-bond donors (Lipinski definition) is 1. The minimum absolute atomic E-state index is 0.0892. The highest BCUT2D eigenvalue weighted by atomic mass is 32.2. The molecule has 0 aliphatic carbocycles. The van der Waals surface area contributed by atoms with Gasteiger partial charge in [-0.1, -0.05) is 30.3 Å². The molecule has 20 heavy (non-hydrogen) atoms. The van der Waals surface area contributed by atoms with Gasteiger partial charge in [0.25, 0.3) is 0 Å². The average Bonchev–Trinajstić information content (AvgIpc) is 2.89. The first-order valence-electron chi connectivity index (χ1n) is 6.45. The molecule has 5 nitrogen and oxygen atoms in total. The maximum absolute atomic E-state index is 11.5. The molecule has 0 aromatic heterocycles. The van der Waals surface area contributed by atoms with Crippen LogP contribution in [0.1, 0.15) is 18.4 Å². The van der Waals surface area contributed by atoms with Crippen molar-refractivity contribution >= 4 is 15.8 Å². The molecule has 0 amide bonds. The molecule has 2 rings (SSSR count). The fourth-order valence-corrected chi connectivity index (χ4v) is 1.72. The lowest BCUT2D eigenvalue weighted by Crippen LogP contribution is -2.32. The lowest BCUT2D eigenvalue weighted by atomic mass is 10.2. The van der Waals surface area contributed by atoms with E-state index in [1.807, 2.05) is 30.3 Å². The van der Waals surface area contributed by atoms with Gasteiger partial charge in [-0.05, 0) is 24.9 Å². The molecule has 1 atom stereocenters. The fourth-order valence-electron chi connectivity index (χ4n) is 1.72. The third kappa shape index (κ3) is 7.91. The van der Waals surface area contributed by atoms with Crippen molar-refractivity contribution in [2.75, 3.05) is 19.1 Å². The van der Waals surface area contributed by atoms with Crippen LogP contribution in [0.15, 0.2) is 30.3 Å². The highest BCUT2D eigenvalue weighted by Crippen LogP contribution is 2.08. The monoisotopic (exact) mass is 299 g/mol. The Labute approximate surface area is 120 Å². The molecular weight excluding hydrogens is 278 g/mol. The van der Waals surface area contributed by atoms with Gasteiger partial charge in [-0.2, -0.15) is 0 Å². The van der Waals surface area contributed by atoms with Crippen LogP contribution in [0, 0.1) is 0 Å². The Balaban J connectivity index is 0.000000347. The predicted octanol–water partition coefficient (Wildman–Crippen LogP) is 1.14. The van der Waals surface area contributed by atoms with E-state index in [4.69, 9.17) is 4.74 Å². The van der Waals surface area contributed by atoms with Crippen molar-refractivity contribution in [3.8, 4) is 0 Å². The molecule has 0 unspecified atom stereocenters. The third-order valence-corrected chi connectivity index (χ3v) is 2.57. The summed E-state index contributed by atoms with van der Waals surface area (Å²) in [7, 11) is -2.67. The minimum atomic E-state index is -2.67. The lowest BCUT2D eigenvalue weighted by molar-refractivity contribution is -0.147. The standard InChI is InChI=1S/C12H15NO2.C2H6O2S/c14-12(11-7-4-8-13-11)15-9-10-5-2-1-3-6-10;1-5(2,3)4/h1-3,5-6,11,13H,4,7-9H2;1-2H3/t11-;/m0./s1. The fraction of sp³-hybridized carbons (Fsp3) is 0.500. The van der Waals surface area contributed by atoms with E-state index >= 15 is 0 Å². The summed E-state index contributed by atoms with van der Waals surface area (Å²) < 4.78 is 24.5. The predicted molar refractivity (Wildman–Crippen MR) is 78.0 cm³/mol. The van der Waals surface area contributed by atoms with Crippen molar-refractivity contribution in [2.24, 2.45) is 0 Å². The van der Waals surface area contributed by atoms with Crippen LogP contribution in [-0.4, -0.2) is 39.5 Å². The van der Waals surface area contributed by atoms with E-state index in [0.29, 0.717) is 6.61 Å². The number of hydrogen-bond acceptors (Lipinski definition) is 5. The molecule has 0 bridgehead atoms. The van der Waals surface area contributed by atoms with Crippen LogP contribution in [0.4, 0.5) is 0 Å². The minimum Gasteiger partial charge on any atom is -0.460 e. The Morgan fingerprint density at radius 2 is 1.90 bits per heavy atom. The van der Waals surface area contributed by atoms with E-state index in [1.54, 1.807) is 0 Å². The number of carbonyl (C=O) groups excluding carboxylic acids is 1. The summed E-state index contributed by atoms with van der Waals surface area (Å²) in [5.41, 5.74) is 1.03. The molecule has 1 aliphatic heterocycles. The molecule has 1 heterocycles. The zero-order chi connectivity index (χ0) is 15.0. The number of ether oxygens (including phenoxy) is 1. The van der Waals surface area contributed by atoms with Crippen molar-refractivity contribution in [1.82, 2.24) is 5.32 Å². The number of benzene rings is 1. The average molecular weight is 299 g/mol. The summed E-state index contributed by atoms with van der Waals surface area (Å²) in [5.74, 6) is -0.128. The van der Waals surface area contributed by atoms with Crippen LogP contribution in [0.25, 0.3) is 0 Å². The Kier molecular flexibility index (Phi) is 6.67. The van der Waals surface area contributed by atoms with Gasteiger partial charge >= 0.3 is 5.97 Å². The van der Waals surface area contributed by atoms with Gasteiger partial charge < -0.3 is 10.1 Å². The Morgan fingerprint density at radius 3 is 2.40 bits per heavy atom. The summed E-state index contributed by atoms with van der Waals surface area (Å²) >= 11 is 0. The van der Waals surface area contributed by atoms with Crippen molar-refractivity contribution < 1.29 is 17.9 Å². The van der Waals surface area contributed by atoms with Crippen LogP contribution < -0.4 is 5.32 Å². The number of rotatable bonds is 3. The Morgan fingerprint density at radius 1 is 1.30 bits per heavy atom. The van der Waals surface area contributed by atoms with E-state index in [1.165, 1.54) is 0 Å². The Bertz CT molecular complexity index is 499. The van der Waals surface area contributed by atoms with Gasteiger partial charge in [0.1, 0.15) is 22.5 Å². The zero-order valence-electron chi connectivity index (χ0n) is 11.8. The van der Waals surface area contributed by atoms with Crippen molar-refractivity contribution in [2.45, 2.75) is 25.5 Å². The van der Waals surface area contributed by atoms with Gasteiger partial charge in [0.05, 0.1) is 0 Å². The molecule has 1 aromatic carbocycles. The summed E-state index contributed by atoms with van der Waals surface area (Å²) in [4.78, 5) is 11.5. The molecule has 6 heteroatoms. The first-order valence-corrected chi connectivity index (χ1v) is 8.75. The number of nitrogens with one attached hydrogen (secondary N) is 1. The van der Waals surface area contributed by atoms with Gasteiger partial charge in [-0.25, -0.2) is 8.42 Å². The summed E-state index contributed by atoms with van der Waals surface area (Å²) in [6, 6.07) is 9.65. The molecular formula is C14H21NO4S. The SMILES string of the molecule is CS(C)(=O)=O.O=C(OCc1ccccc1)[C@@H]1CCCN1. The van der Waals surface area contributed by atoms with Crippen LogP contribution in [-0.2, 0) is 26.0 Å². The second-order valence-corrected chi connectivity index (χ2v) is 7.17. The largest absolute Gasteiger partial charge is 0.460 e. The van der Waals surface area contributed by atoms with Crippen LogP contribution in [0.2, 0.25) is 0 Å². The van der Waals surface area contributed by atoms with Crippen LogP contribution in [0.3, 0.4) is 0 Å². The Hall–Kier alpha value is -1.40. The smallest absolute Gasteiger partial charge is 0.323 e. The highest BCUT2D eigenvalue weighted by molar-refractivity contribution is 7.89. The van der Waals surface area contributed by atoms with E-state index in [9.17, 15) is 13.2 Å². The molecule has 0 spiro atoms. The van der Waals surface area contributed by atoms with Gasteiger partial charge in [0, 0.05) is 12.5 Å². The van der Waals surface area contributed by atoms with E-state index in [-0.39, 0.29) is 12.0 Å². The van der Waals surface area contributed by atoms with E-state index < -0.39 is 9.84 Å². The van der Waals surface area contributed by atoms with Crippen molar-refractivity contribution in [3.05, 3.63) is 35.9 Å². The normalized spacial score (nSPS) is 18.0. The molecule has 0 radical (unpaired) electrons. The van der Waals surface area contributed by atoms with Crippen molar-refractivity contribution in [3.63, 3.8) is 0 Å². The lowest BCUT2D eigenvalue weighted by Gasteiger charge is -2.09. The summed E-state index contributed by atoms with van der Waals surface area (Å²) in [6.45, 7) is 1.29. The third-order valence-electron chi connectivity index (χ3n) is 2.57. The summed E-state index contributed by atoms with van der Waals surface area (Å²) in [6.07, 6.45) is 4.28. The quantitative estimate of drug-likeness (QED) is 0.848. The second kappa shape index (κ2) is 8.01. The number of esters is 1. The first-order chi connectivity index (χ1) is 9.36. The van der Waals surface area contributed by atoms with Crippen LogP contribution >= 0.6 is 0 Å². The van der Waals surface area contributed by atoms with Gasteiger partial charge in [0.15, 0.2) is 0 Å². The maximum Gasteiger partial charge on any atom is 0.323 e. The maximum atomic E-state index is 11.5. The number of carbonyl (C=O) groups is 1. The van der Waals surface area contributed by atoms with Gasteiger partial charge in [-0.3, -0.25) is 4.79 Å². The topological polar surface area (TPSA) is 72.5 Å². The van der Waals surface area contributed by atoms with Gasteiger partial charge in [-0.15, -0.1) is 0 Å². The van der Waals surface area contributed by atoms with Crippen molar-refractivity contribution in [1.29, 1.82) is 0 Å². The summed E-state index contributed by atoms with van der Waals surface area (Å²) in [5, 5.41) is 3.12. The number of sulfone groups is 1. The molecule has 1 saturated heterocycles. The molecule has 1 aliphatic rings. The first kappa shape index (κ1) is 16.7.